The maximum Gasteiger partial charge on any atom is 0.232 e. The van der Waals surface area contributed by atoms with Crippen LogP contribution in [0.5, 0.6) is 0 Å². The Morgan fingerprint density at radius 3 is 2.83 bits per heavy atom. The maximum atomic E-state index is 12.4. The molecule has 1 aliphatic carbocycles. The van der Waals surface area contributed by atoms with Crippen molar-refractivity contribution in [3.05, 3.63) is 17.0 Å². The summed E-state index contributed by atoms with van der Waals surface area (Å²) in [5.74, 6) is -0.0244. The number of carbonyl (C=O) groups excluding carboxylic acids is 1. The van der Waals surface area contributed by atoms with Gasteiger partial charge >= 0.3 is 0 Å². The standard InChI is InChI=1S/C13H17N3OS/c14-8-10-4-7-18-11(10)16-12(17)13(9-15)5-2-1-3-6-13/h4,7H,1-3,5-6,9,15H2,(H,16,17). The van der Waals surface area contributed by atoms with Gasteiger partial charge in [-0.25, -0.2) is 0 Å². The first-order valence-electron chi connectivity index (χ1n) is 6.21. The minimum atomic E-state index is -0.436. The molecule has 4 nitrogen and oxygen atoms in total. The predicted octanol–water partition coefficient (Wildman–Crippen LogP) is 2.47. The fourth-order valence-electron chi connectivity index (χ4n) is 2.48. The van der Waals surface area contributed by atoms with Gasteiger partial charge in [0.05, 0.1) is 11.0 Å². The van der Waals surface area contributed by atoms with Gasteiger partial charge in [0.25, 0.3) is 0 Å². The number of thiophene rings is 1. The molecule has 0 saturated heterocycles. The Labute approximate surface area is 111 Å². The molecule has 18 heavy (non-hydrogen) atoms. The smallest absolute Gasteiger partial charge is 0.232 e. The van der Waals surface area contributed by atoms with Crippen molar-refractivity contribution in [1.82, 2.24) is 0 Å². The summed E-state index contributed by atoms with van der Waals surface area (Å²) in [7, 11) is 0. The maximum absolute atomic E-state index is 12.4. The Hall–Kier alpha value is -1.38. The van der Waals surface area contributed by atoms with Crippen molar-refractivity contribution in [2.75, 3.05) is 11.9 Å². The molecule has 5 heteroatoms. The van der Waals surface area contributed by atoms with Crippen molar-refractivity contribution in [2.45, 2.75) is 32.1 Å². The summed E-state index contributed by atoms with van der Waals surface area (Å²) >= 11 is 1.38. The van der Waals surface area contributed by atoms with Crippen LogP contribution in [0.4, 0.5) is 5.00 Å². The average molecular weight is 263 g/mol. The number of hydrogen-bond donors (Lipinski definition) is 2. The van der Waals surface area contributed by atoms with Gasteiger partial charge < -0.3 is 11.1 Å². The second-order valence-electron chi connectivity index (χ2n) is 4.77. The van der Waals surface area contributed by atoms with Crippen molar-refractivity contribution in [1.29, 1.82) is 5.26 Å². The molecule has 2 rings (SSSR count). The number of nitrogens with two attached hydrogens (primary N) is 1. The van der Waals surface area contributed by atoms with E-state index in [9.17, 15) is 4.79 Å². The van der Waals surface area contributed by atoms with Gasteiger partial charge in [0.1, 0.15) is 11.1 Å². The average Bonchev–Trinajstić information content (AvgIpc) is 2.86. The van der Waals surface area contributed by atoms with Crippen molar-refractivity contribution in [3.8, 4) is 6.07 Å². The van der Waals surface area contributed by atoms with Crippen LogP contribution in [-0.2, 0) is 4.79 Å². The Morgan fingerprint density at radius 2 is 2.22 bits per heavy atom. The molecular formula is C13H17N3OS. The van der Waals surface area contributed by atoms with Gasteiger partial charge in [-0.1, -0.05) is 19.3 Å². The summed E-state index contributed by atoms with van der Waals surface area (Å²) in [5.41, 5.74) is 5.91. The molecule has 1 aliphatic rings. The van der Waals surface area contributed by atoms with E-state index in [2.05, 4.69) is 11.4 Å². The number of nitrogens with zero attached hydrogens (tertiary/aromatic N) is 1. The van der Waals surface area contributed by atoms with Crippen LogP contribution in [0.15, 0.2) is 11.4 Å². The molecule has 1 aromatic rings. The topological polar surface area (TPSA) is 78.9 Å². The van der Waals surface area contributed by atoms with Gasteiger partial charge in [0.15, 0.2) is 0 Å². The molecular weight excluding hydrogens is 246 g/mol. The Balaban J connectivity index is 2.13. The molecule has 0 unspecified atom stereocenters. The summed E-state index contributed by atoms with van der Waals surface area (Å²) in [5, 5.41) is 14.3. The van der Waals surface area contributed by atoms with Gasteiger partial charge in [0, 0.05) is 6.54 Å². The van der Waals surface area contributed by atoms with Gasteiger partial charge in [0.2, 0.25) is 5.91 Å². The highest BCUT2D eigenvalue weighted by Gasteiger charge is 2.38. The third-order valence-corrected chi connectivity index (χ3v) is 4.53. The SMILES string of the molecule is N#Cc1ccsc1NC(=O)C1(CN)CCCCC1. The summed E-state index contributed by atoms with van der Waals surface area (Å²) in [4.78, 5) is 12.4. The van der Waals surface area contributed by atoms with E-state index in [0.717, 1.165) is 25.7 Å². The van der Waals surface area contributed by atoms with E-state index < -0.39 is 5.41 Å². The van der Waals surface area contributed by atoms with Crippen LogP contribution < -0.4 is 11.1 Å². The highest BCUT2D eigenvalue weighted by Crippen LogP contribution is 2.37. The Bertz CT molecular complexity index is 469. The van der Waals surface area contributed by atoms with E-state index in [1.54, 1.807) is 6.07 Å². The van der Waals surface area contributed by atoms with Crippen LogP contribution in [0, 0.1) is 16.7 Å². The number of anilines is 1. The van der Waals surface area contributed by atoms with E-state index in [1.165, 1.54) is 17.8 Å². The van der Waals surface area contributed by atoms with Crippen LogP contribution in [0.3, 0.4) is 0 Å². The first kappa shape index (κ1) is 13.1. The molecule has 1 heterocycles. The molecule has 0 radical (unpaired) electrons. The third-order valence-electron chi connectivity index (χ3n) is 3.70. The summed E-state index contributed by atoms with van der Waals surface area (Å²) in [6.45, 7) is 0.381. The van der Waals surface area contributed by atoms with Gasteiger partial charge in [-0.05, 0) is 24.3 Å². The lowest BCUT2D eigenvalue weighted by Gasteiger charge is -2.34. The van der Waals surface area contributed by atoms with Crippen LogP contribution in [-0.4, -0.2) is 12.5 Å². The Morgan fingerprint density at radius 1 is 1.50 bits per heavy atom. The third kappa shape index (κ3) is 2.40. The fourth-order valence-corrected chi connectivity index (χ4v) is 3.21. The minimum Gasteiger partial charge on any atom is -0.329 e. The fraction of sp³-hybridized carbons (Fsp3) is 0.538. The molecule has 0 aromatic carbocycles. The van der Waals surface area contributed by atoms with Crippen LogP contribution in [0.1, 0.15) is 37.7 Å². The first-order chi connectivity index (χ1) is 8.72. The van der Waals surface area contributed by atoms with Crippen LogP contribution in [0.2, 0.25) is 0 Å². The Kier molecular flexibility index (Phi) is 4.00. The zero-order valence-corrected chi connectivity index (χ0v) is 11.1. The molecule has 0 bridgehead atoms. The van der Waals surface area contributed by atoms with Crippen molar-refractivity contribution < 1.29 is 4.79 Å². The zero-order valence-electron chi connectivity index (χ0n) is 10.2. The van der Waals surface area contributed by atoms with Gasteiger partial charge in [-0.3, -0.25) is 4.79 Å². The van der Waals surface area contributed by atoms with E-state index in [0.29, 0.717) is 17.1 Å². The molecule has 96 valence electrons. The first-order valence-corrected chi connectivity index (χ1v) is 7.09. The molecule has 1 fully saturated rings. The van der Waals surface area contributed by atoms with Crippen LogP contribution >= 0.6 is 11.3 Å². The minimum absolute atomic E-state index is 0.0244. The van der Waals surface area contributed by atoms with Gasteiger partial charge in [-0.15, -0.1) is 11.3 Å². The lowest BCUT2D eigenvalue weighted by Crippen LogP contribution is -2.43. The lowest BCUT2D eigenvalue weighted by atomic mass is 9.73. The van der Waals surface area contributed by atoms with Crippen LogP contribution in [0.25, 0.3) is 0 Å². The monoisotopic (exact) mass is 263 g/mol. The van der Waals surface area contributed by atoms with E-state index >= 15 is 0 Å². The normalized spacial score (nSPS) is 18.0. The number of carbonyl (C=O) groups is 1. The van der Waals surface area contributed by atoms with E-state index in [-0.39, 0.29) is 5.91 Å². The summed E-state index contributed by atoms with van der Waals surface area (Å²) in [6, 6.07) is 3.80. The summed E-state index contributed by atoms with van der Waals surface area (Å²) < 4.78 is 0. The molecule has 0 spiro atoms. The second-order valence-corrected chi connectivity index (χ2v) is 5.69. The molecule has 3 N–H and O–H groups in total. The number of nitriles is 1. The van der Waals surface area contributed by atoms with Crippen molar-refractivity contribution in [3.63, 3.8) is 0 Å². The highest BCUT2D eigenvalue weighted by atomic mass is 32.1. The second kappa shape index (κ2) is 5.51. The van der Waals surface area contributed by atoms with E-state index in [1.807, 2.05) is 5.38 Å². The molecule has 1 saturated carbocycles. The largest absolute Gasteiger partial charge is 0.329 e. The summed E-state index contributed by atoms with van der Waals surface area (Å²) in [6.07, 6.45) is 4.99. The van der Waals surface area contributed by atoms with Crippen molar-refractivity contribution >= 4 is 22.2 Å². The molecule has 1 aromatic heterocycles. The number of hydrogen-bond acceptors (Lipinski definition) is 4. The number of amides is 1. The number of nitrogens with one attached hydrogen (secondary N) is 1. The van der Waals surface area contributed by atoms with Crippen molar-refractivity contribution in [2.24, 2.45) is 11.1 Å². The predicted molar refractivity (Wildman–Crippen MR) is 72.2 cm³/mol. The lowest BCUT2D eigenvalue weighted by molar-refractivity contribution is -0.126. The molecule has 1 amide bonds. The van der Waals surface area contributed by atoms with E-state index in [4.69, 9.17) is 11.0 Å². The zero-order chi connectivity index (χ0) is 13.0. The quantitative estimate of drug-likeness (QED) is 0.879. The highest BCUT2D eigenvalue weighted by molar-refractivity contribution is 7.14. The molecule has 0 aliphatic heterocycles. The van der Waals surface area contributed by atoms with Gasteiger partial charge in [-0.2, -0.15) is 5.26 Å². The molecule has 0 atom stereocenters. The number of rotatable bonds is 3.